The molecule has 2 heterocycles. The molecule has 2 aromatic rings. The largest absolute Gasteiger partial charge is 0.491 e. The Morgan fingerprint density at radius 2 is 1.68 bits per heavy atom. The van der Waals surface area contributed by atoms with Crippen molar-refractivity contribution in [3.05, 3.63) is 65.2 Å². The number of piperazine rings is 1. The number of carbonyl (C=O) groups excluding carboxylic acids is 3. The van der Waals surface area contributed by atoms with Gasteiger partial charge in [0.05, 0.1) is 6.10 Å². The monoisotopic (exact) mass is 670 g/mol. The van der Waals surface area contributed by atoms with Crippen molar-refractivity contribution in [1.29, 1.82) is 0 Å². The zero-order chi connectivity index (χ0) is 35.1. The van der Waals surface area contributed by atoms with Gasteiger partial charge >= 0.3 is 18.4 Å². The summed E-state index contributed by atoms with van der Waals surface area (Å²) in [5.74, 6) is -0.550. The number of nitrogens with zero attached hydrogens (tertiary/aromatic N) is 3. The maximum absolute atomic E-state index is 13.5. The molecule has 2 saturated heterocycles. The Kier molecular flexibility index (Phi) is 9.64. The molecular weight excluding hydrogens is 634 g/mol. The van der Waals surface area contributed by atoms with Crippen molar-refractivity contribution in [2.24, 2.45) is 0 Å². The van der Waals surface area contributed by atoms with Crippen LogP contribution in [0.1, 0.15) is 51.3 Å². The number of amides is 4. The Labute approximate surface area is 267 Å². The summed E-state index contributed by atoms with van der Waals surface area (Å²) in [4.78, 5) is 43.6. The first-order valence-corrected chi connectivity index (χ1v) is 14.8. The van der Waals surface area contributed by atoms with Crippen molar-refractivity contribution in [1.82, 2.24) is 15.1 Å². The molecular formula is C32H36F6N4O5. The van der Waals surface area contributed by atoms with Crippen molar-refractivity contribution in [2.75, 3.05) is 31.1 Å². The van der Waals surface area contributed by atoms with Crippen LogP contribution < -0.4 is 15.0 Å². The number of urea groups is 1. The number of hydrogen-bond donors (Lipinski definition) is 2. The van der Waals surface area contributed by atoms with Gasteiger partial charge in [-0.1, -0.05) is 30.4 Å². The molecule has 2 aromatic carbocycles. The van der Waals surface area contributed by atoms with Gasteiger partial charge < -0.3 is 25.0 Å². The number of ether oxygens (including phenoxy) is 1. The smallest absolute Gasteiger partial charge is 0.430 e. The number of nitrogens with one attached hydrogen (secondary N) is 1. The molecule has 2 aliphatic heterocycles. The fraction of sp³-hybridized carbons (Fsp3) is 0.469. The van der Waals surface area contributed by atoms with Gasteiger partial charge in [-0.05, 0) is 70.0 Å². The third kappa shape index (κ3) is 6.62. The van der Waals surface area contributed by atoms with Gasteiger partial charge in [0.25, 0.3) is 11.5 Å². The molecule has 15 heteroatoms. The van der Waals surface area contributed by atoms with Crippen LogP contribution >= 0.6 is 0 Å². The minimum atomic E-state index is -6.03. The lowest BCUT2D eigenvalue weighted by atomic mass is 9.90. The summed E-state index contributed by atoms with van der Waals surface area (Å²) in [7, 11) is 0. The molecule has 0 radical (unpaired) electrons. The van der Waals surface area contributed by atoms with E-state index in [2.05, 4.69) is 5.32 Å². The number of imide groups is 1. The highest BCUT2D eigenvalue weighted by atomic mass is 19.4. The normalized spacial score (nSPS) is 21.2. The molecule has 47 heavy (non-hydrogen) atoms. The number of halogens is 6. The molecule has 4 amide bonds. The second kappa shape index (κ2) is 12.7. The van der Waals surface area contributed by atoms with Crippen LogP contribution in [0.3, 0.4) is 0 Å². The zero-order valence-corrected chi connectivity index (χ0v) is 26.4. The van der Waals surface area contributed by atoms with Crippen LogP contribution in [-0.2, 0) is 20.7 Å². The standard InChI is InChI=1S/C32H36F6N4O5/c1-6-7-21-16-23(30(46,31(33,34)35)32(36,37)38)10-13-25(21)41-15-14-40(17-20(41)4)26(43)18-42-27(44)29(5,39-28(42)45)22-8-11-24(12-9-22)47-19(2)3/h6-13,16,19-20,46H,14-15,17-18H2,1-5H3,(H,39,45)/t20?,29-/m1/s1. The maximum Gasteiger partial charge on any atom is 0.430 e. The first-order valence-electron chi connectivity index (χ1n) is 14.8. The third-order valence-corrected chi connectivity index (χ3v) is 8.27. The third-order valence-electron chi connectivity index (χ3n) is 8.27. The molecule has 2 atom stereocenters. The molecule has 4 rings (SSSR count). The van der Waals surface area contributed by atoms with Gasteiger partial charge in [-0.15, -0.1) is 0 Å². The number of rotatable bonds is 8. The van der Waals surface area contributed by atoms with Gasteiger partial charge in [-0.3, -0.25) is 14.5 Å². The van der Waals surface area contributed by atoms with Gasteiger partial charge in [0.2, 0.25) is 5.91 Å². The number of hydrogen-bond acceptors (Lipinski definition) is 6. The highest BCUT2D eigenvalue weighted by Gasteiger charge is 2.71. The van der Waals surface area contributed by atoms with E-state index in [1.54, 1.807) is 36.1 Å². The molecule has 0 aromatic heterocycles. The predicted molar refractivity (Wildman–Crippen MR) is 160 cm³/mol. The van der Waals surface area contributed by atoms with Crippen LogP contribution in [0.15, 0.2) is 48.5 Å². The average Bonchev–Trinajstić information content (AvgIpc) is 3.19. The van der Waals surface area contributed by atoms with Crippen molar-refractivity contribution in [2.45, 2.75) is 70.3 Å². The second-order valence-electron chi connectivity index (χ2n) is 12.0. The Morgan fingerprint density at radius 3 is 2.21 bits per heavy atom. The number of benzene rings is 2. The molecule has 0 saturated carbocycles. The Bertz CT molecular complexity index is 1530. The van der Waals surface area contributed by atoms with Gasteiger partial charge in [0, 0.05) is 36.9 Å². The quantitative estimate of drug-likeness (QED) is 0.291. The molecule has 2 aliphatic rings. The van der Waals surface area contributed by atoms with E-state index in [1.807, 2.05) is 13.8 Å². The lowest BCUT2D eigenvalue weighted by Crippen LogP contribution is -2.56. The van der Waals surface area contributed by atoms with Crippen LogP contribution in [0.25, 0.3) is 6.08 Å². The minimum absolute atomic E-state index is 0.00553. The van der Waals surface area contributed by atoms with E-state index in [9.17, 15) is 45.8 Å². The maximum atomic E-state index is 13.5. The summed E-state index contributed by atoms with van der Waals surface area (Å²) in [6, 6.07) is 7.78. The number of allylic oxidation sites excluding steroid dienone is 1. The molecule has 2 fully saturated rings. The fourth-order valence-corrected chi connectivity index (χ4v) is 5.79. The van der Waals surface area contributed by atoms with Crippen molar-refractivity contribution in [3.63, 3.8) is 0 Å². The second-order valence-corrected chi connectivity index (χ2v) is 12.0. The van der Waals surface area contributed by atoms with Gasteiger partial charge in [-0.2, -0.15) is 26.3 Å². The van der Waals surface area contributed by atoms with E-state index in [0.29, 0.717) is 29.1 Å². The molecule has 1 unspecified atom stereocenters. The Hall–Kier alpha value is -4.27. The number of aliphatic hydroxyl groups is 1. The minimum Gasteiger partial charge on any atom is -0.491 e. The van der Waals surface area contributed by atoms with Crippen molar-refractivity contribution < 1.29 is 50.6 Å². The molecule has 0 aliphatic carbocycles. The molecule has 0 spiro atoms. The molecule has 256 valence electrons. The van der Waals surface area contributed by atoms with Crippen LogP contribution in [0.5, 0.6) is 5.75 Å². The first kappa shape index (κ1) is 35.6. The van der Waals surface area contributed by atoms with E-state index < -0.39 is 59.5 Å². The van der Waals surface area contributed by atoms with Gasteiger partial charge in [0.1, 0.15) is 17.8 Å². The summed E-state index contributed by atoms with van der Waals surface area (Å²) >= 11 is 0. The zero-order valence-electron chi connectivity index (χ0n) is 26.4. The summed E-state index contributed by atoms with van der Waals surface area (Å²) in [6.07, 6.45) is -9.36. The highest BCUT2D eigenvalue weighted by molar-refractivity contribution is 6.09. The fourth-order valence-electron chi connectivity index (χ4n) is 5.79. The van der Waals surface area contributed by atoms with E-state index in [-0.39, 0.29) is 31.3 Å². The van der Waals surface area contributed by atoms with E-state index in [1.165, 1.54) is 30.9 Å². The van der Waals surface area contributed by atoms with E-state index in [4.69, 9.17) is 4.74 Å². The van der Waals surface area contributed by atoms with Gasteiger partial charge in [-0.25, -0.2) is 4.79 Å². The Morgan fingerprint density at radius 1 is 1.06 bits per heavy atom. The Balaban J connectivity index is 1.49. The predicted octanol–water partition coefficient (Wildman–Crippen LogP) is 5.32. The molecule has 0 bridgehead atoms. The molecule has 9 nitrogen and oxygen atoms in total. The van der Waals surface area contributed by atoms with Gasteiger partial charge in [0.15, 0.2) is 0 Å². The highest BCUT2D eigenvalue weighted by Crippen LogP contribution is 2.50. The lowest BCUT2D eigenvalue weighted by Gasteiger charge is -2.42. The summed E-state index contributed by atoms with van der Waals surface area (Å²) in [5.41, 5.74) is -7.07. The average molecular weight is 671 g/mol. The van der Waals surface area contributed by atoms with Crippen molar-refractivity contribution in [3.8, 4) is 5.75 Å². The van der Waals surface area contributed by atoms with E-state index >= 15 is 0 Å². The number of anilines is 1. The summed E-state index contributed by atoms with van der Waals surface area (Å²) in [6.45, 7) is 8.31. The van der Waals surface area contributed by atoms with Crippen molar-refractivity contribution >= 4 is 29.6 Å². The topological polar surface area (TPSA) is 102 Å². The molecule has 2 N–H and O–H groups in total. The SMILES string of the molecule is CC=Cc1cc(C(O)(C(F)(F)F)C(F)(F)F)ccc1N1CCN(C(=O)CN2C(=O)N[C@](C)(c3ccc(OC(C)C)cc3)C2=O)CC1C. The van der Waals surface area contributed by atoms with Crippen LogP contribution in [0.2, 0.25) is 0 Å². The van der Waals surface area contributed by atoms with Crippen LogP contribution in [0.4, 0.5) is 36.8 Å². The summed E-state index contributed by atoms with van der Waals surface area (Å²) in [5, 5.41) is 12.6. The summed E-state index contributed by atoms with van der Waals surface area (Å²) < 4.78 is 86.8. The number of alkyl halides is 6. The first-order chi connectivity index (χ1) is 21.7. The van der Waals surface area contributed by atoms with Crippen LogP contribution in [-0.4, -0.2) is 83.4 Å². The van der Waals surface area contributed by atoms with E-state index in [0.717, 1.165) is 11.0 Å². The lowest BCUT2D eigenvalue weighted by molar-refractivity contribution is -0.376. The number of carbonyl (C=O) groups is 3. The van der Waals surface area contributed by atoms with Crippen LogP contribution in [0, 0.1) is 0 Å².